The quantitative estimate of drug-likeness (QED) is 0.373. The van der Waals surface area contributed by atoms with Crippen molar-refractivity contribution in [1.82, 2.24) is 19.7 Å². The van der Waals surface area contributed by atoms with E-state index in [1.165, 1.54) is 0 Å². The summed E-state index contributed by atoms with van der Waals surface area (Å²) in [4.78, 5) is 15.7. The van der Waals surface area contributed by atoms with Gasteiger partial charge in [0.2, 0.25) is 27.9 Å². The first-order valence-corrected chi connectivity index (χ1v) is 14.1. The van der Waals surface area contributed by atoms with Gasteiger partial charge in [-0.3, -0.25) is 0 Å². The van der Waals surface area contributed by atoms with Crippen LogP contribution in [0.5, 0.6) is 0 Å². The molecule has 0 amide bonds. The molecule has 1 saturated carbocycles. The number of nitrogens with zero attached hydrogens (tertiary/aromatic N) is 4. The maximum atomic E-state index is 13.0. The first-order valence-electron chi connectivity index (χ1n) is 12.6. The molecule has 1 aliphatic rings. The van der Waals surface area contributed by atoms with Gasteiger partial charge in [0, 0.05) is 38.6 Å². The lowest BCUT2D eigenvalue weighted by Crippen LogP contribution is -2.32. The van der Waals surface area contributed by atoms with Crippen molar-refractivity contribution in [1.29, 1.82) is 0 Å². The van der Waals surface area contributed by atoms with E-state index in [0.717, 1.165) is 43.0 Å². The average molecular weight is 512 g/mol. The second kappa shape index (κ2) is 11.4. The van der Waals surface area contributed by atoms with E-state index in [1.54, 1.807) is 12.1 Å². The standard InChI is InChI=1S/C26H37N7O2S/c1-18(2)29-25-30-24(31-26(32-25)33(3)4)27-16-19-12-14-20(15-13-19)17-28-36(34,35)23-11-7-9-21-8-5-6-10-22(21)23/h5-11,18-20,28H,12-17H2,1-4H3,(H2,27,29,30,31,32). The van der Waals surface area contributed by atoms with Crippen molar-refractivity contribution in [2.75, 3.05) is 42.7 Å². The summed E-state index contributed by atoms with van der Waals surface area (Å²) in [5, 5.41) is 8.32. The number of anilines is 3. The maximum absolute atomic E-state index is 13.0. The number of sulfonamides is 1. The van der Waals surface area contributed by atoms with Crippen LogP contribution in [0.2, 0.25) is 0 Å². The van der Waals surface area contributed by atoms with Crippen LogP contribution in [0.3, 0.4) is 0 Å². The van der Waals surface area contributed by atoms with E-state index in [4.69, 9.17) is 0 Å². The molecule has 4 rings (SSSR count). The second-order valence-corrected chi connectivity index (χ2v) is 11.8. The van der Waals surface area contributed by atoms with E-state index < -0.39 is 10.0 Å². The summed E-state index contributed by atoms with van der Waals surface area (Å²) in [6, 6.07) is 13.2. The van der Waals surface area contributed by atoms with Gasteiger partial charge < -0.3 is 15.5 Å². The number of fused-ring (bicyclic) bond motifs is 1. The van der Waals surface area contributed by atoms with E-state index in [1.807, 2.05) is 63.2 Å². The maximum Gasteiger partial charge on any atom is 0.241 e. The number of hydrogen-bond donors (Lipinski definition) is 3. The van der Waals surface area contributed by atoms with Crippen molar-refractivity contribution in [3.05, 3.63) is 42.5 Å². The largest absolute Gasteiger partial charge is 0.354 e. The minimum absolute atomic E-state index is 0.226. The number of aromatic nitrogens is 3. The van der Waals surface area contributed by atoms with Gasteiger partial charge in [0.1, 0.15) is 0 Å². The molecule has 1 aliphatic carbocycles. The van der Waals surface area contributed by atoms with E-state index in [9.17, 15) is 8.42 Å². The lowest BCUT2D eigenvalue weighted by Gasteiger charge is -2.28. The molecule has 9 nitrogen and oxygen atoms in total. The SMILES string of the molecule is CC(C)Nc1nc(NCC2CCC(CNS(=O)(=O)c3cccc4ccccc34)CC2)nc(N(C)C)n1. The van der Waals surface area contributed by atoms with Crippen LogP contribution < -0.4 is 20.3 Å². The third kappa shape index (κ3) is 6.61. The van der Waals surface area contributed by atoms with Crippen LogP contribution in [-0.4, -0.2) is 56.6 Å². The van der Waals surface area contributed by atoms with Gasteiger partial charge in [0.15, 0.2) is 0 Å². The van der Waals surface area contributed by atoms with Crippen molar-refractivity contribution >= 4 is 38.6 Å². The molecule has 0 bridgehead atoms. The Hall–Kier alpha value is -2.98. The molecular formula is C26H37N7O2S. The van der Waals surface area contributed by atoms with Gasteiger partial charge in [0.25, 0.3) is 0 Å². The number of nitrogens with one attached hydrogen (secondary N) is 3. The molecule has 0 saturated heterocycles. The molecule has 0 unspecified atom stereocenters. The van der Waals surface area contributed by atoms with Crippen LogP contribution in [0.15, 0.2) is 47.4 Å². The first kappa shape index (κ1) is 26.1. The molecule has 36 heavy (non-hydrogen) atoms. The van der Waals surface area contributed by atoms with Gasteiger partial charge >= 0.3 is 0 Å². The third-order valence-corrected chi connectivity index (χ3v) is 8.04. The van der Waals surface area contributed by atoms with Crippen LogP contribution in [0.1, 0.15) is 39.5 Å². The molecule has 0 spiro atoms. The van der Waals surface area contributed by atoms with Crippen molar-refractivity contribution in [2.24, 2.45) is 11.8 Å². The summed E-state index contributed by atoms with van der Waals surface area (Å²) in [7, 11) is 0.257. The van der Waals surface area contributed by atoms with Crippen molar-refractivity contribution in [2.45, 2.75) is 50.5 Å². The molecule has 0 atom stereocenters. The summed E-state index contributed by atoms with van der Waals surface area (Å²) in [5.41, 5.74) is 0. The molecule has 0 aliphatic heterocycles. The Bertz CT molecular complexity index is 1270. The highest BCUT2D eigenvalue weighted by Gasteiger charge is 2.24. The minimum Gasteiger partial charge on any atom is -0.354 e. The Morgan fingerprint density at radius 1 is 0.889 bits per heavy atom. The molecule has 3 aromatic rings. The topological polar surface area (TPSA) is 112 Å². The Morgan fingerprint density at radius 3 is 2.22 bits per heavy atom. The summed E-state index contributed by atoms with van der Waals surface area (Å²) >= 11 is 0. The molecule has 3 N–H and O–H groups in total. The van der Waals surface area contributed by atoms with Gasteiger partial charge in [-0.2, -0.15) is 15.0 Å². The van der Waals surface area contributed by atoms with Gasteiger partial charge in [-0.15, -0.1) is 0 Å². The van der Waals surface area contributed by atoms with E-state index >= 15 is 0 Å². The van der Waals surface area contributed by atoms with Crippen molar-refractivity contribution in [3.63, 3.8) is 0 Å². The molecule has 1 fully saturated rings. The van der Waals surface area contributed by atoms with Gasteiger partial charge in [-0.1, -0.05) is 36.4 Å². The van der Waals surface area contributed by atoms with Gasteiger partial charge in [-0.05, 0) is 62.8 Å². The Balaban J connectivity index is 1.29. The Kier molecular flexibility index (Phi) is 8.25. The Labute approximate surface area is 214 Å². The molecular weight excluding hydrogens is 474 g/mol. The predicted molar refractivity (Wildman–Crippen MR) is 146 cm³/mol. The zero-order valence-electron chi connectivity index (χ0n) is 21.5. The predicted octanol–water partition coefficient (Wildman–Crippen LogP) is 4.11. The van der Waals surface area contributed by atoms with Gasteiger partial charge in [-0.25, -0.2) is 13.1 Å². The minimum atomic E-state index is -3.56. The lowest BCUT2D eigenvalue weighted by molar-refractivity contribution is 0.284. The summed E-state index contributed by atoms with van der Waals surface area (Å²) in [6.45, 7) is 5.35. The van der Waals surface area contributed by atoms with Crippen LogP contribution >= 0.6 is 0 Å². The molecule has 10 heteroatoms. The summed E-state index contributed by atoms with van der Waals surface area (Å²) < 4.78 is 28.9. The van der Waals surface area contributed by atoms with E-state index in [-0.39, 0.29) is 6.04 Å². The number of benzene rings is 2. The van der Waals surface area contributed by atoms with Crippen LogP contribution in [0.4, 0.5) is 17.8 Å². The zero-order chi connectivity index (χ0) is 25.7. The highest BCUT2D eigenvalue weighted by molar-refractivity contribution is 7.89. The number of rotatable bonds is 10. The summed E-state index contributed by atoms with van der Waals surface area (Å²) in [6.07, 6.45) is 4.06. The average Bonchev–Trinajstić information content (AvgIpc) is 2.86. The first-order chi connectivity index (χ1) is 17.2. The normalized spacial score (nSPS) is 18.4. The highest BCUT2D eigenvalue weighted by atomic mass is 32.2. The lowest BCUT2D eigenvalue weighted by atomic mass is 9.82. The molecule has 1 aromatic heterocycles. The fourth-order valence-electron chi connectivity index (χ4n) is 4.58. The Morgan fingerprint density at radius 2 is 1.53 bits per heavy atom. The van der Waals surface area contributed by atoms with Crippen LogP contribution in [0, 0.1) is 11.8 Å². The van der Waals surface area contributed by atoms with Gasteiger partial charge in [0.05, 0.1) is 4.90 Å². The fourth-order valence-corrected chi connectivity index (χ4v) is 5.92. The highest BCUT2D eigenvalue weighted by Crippen LogP contribution is 2.29. The smallest absolute Gasteiger partial charge is 0.241 e. The van der Waals surface area contributed by atoms with Crippen LogP contribution in [0.25, 0.3) is 10.8 Å². The molecule has 2 aromatic carbocycles. The zero-order valence-corrected chi connectivity index (χ0v) is 22.3. The monoisotopic (exact) mass is 511 g/mol. The molecule has 0 radical (unpaired) electrons. The van der Waals surface area contributed by atoms with Crippen molar-refractivity contribution < 1.29 is 8.42 Å². The number of hydrogen-bond acceptors (Lipinski definition) is 8. The van der Waals surface area contributed by atoms with Crippen molar-refractivity contribution in [3.8, 4) is 0 Å². The molecule has 194 valence electrons. The fraction of sp³-hybridized carbons (Fsp3) is 0.500. The third-order valence-electron chi connectivity index (χ3n) is 6.56. The van der Waals surface area contributed by atoms with Crippen LogP contribution in [-0.2, 0) is 10.0 Å². The molecule has 1 heterocycles. The summed E-state index contributed by atoms with van der Waals surface area (Å²) in [5.74, 6) is 2.58. The second-order valence-electron chi connectivity index (χ2n) is 10.1. The van der Waals surface area contributed by atoms with E-state index in [0.29, 0.717) is 41.1 Å². The van der Waals surface area contributed by atoms with E-state index in [2.05, 4.69) is 30.3 Å².